The summed E-state index contributed by atoms with van der Waals surface area (Å²) in [6.45, 7) is 1.76. The first-order valence-corrected chi connectivity index (χ1v) is 16.9. The summed E-state index contributed by atoms with van der Waals surface area (Å²) in [6.07, 6.45) is -1.66. The number of benzene rings is 2. The molecule has 2 aromatic heterocycles. The lowest BCUT2D eigenvalue weighted by atomic mass is 10.0. The van der Waals surface area contributed by atoms with Crippen LogP contribution in [0.4, 0.5) is 18.9 Å². The zero-order chi connectivity index (χ0) is 35.6. The highest BCUT2D eigenvalue weighted by Gasteiger charge is 2.31. The number of hydrogen-bond acceptors (Lipinski definition) is 7. The smallest absolute Gasteiger partial charge is 0.390 e. The predicted molar refractivity (Wildman–Crippen MR) is 185 cm³/mol. The molecule has 1 atom stereocenters. The van der Waals surface area contributed by atoms with Crippen LogP contribution < -0.4 is 20.7 Å². The molecule has 50 heavy (non-hydrogen) atoms. The van der Waals surface area contributed by atoms with Gasteiger partial charge in [0.15, 0.2) is 5.82 Å². The summed E-state index contributed by atoms with van der Waals surface area (Å²) in [5.74, 6) is 0.365. The van der Waals surface area contributed by atoms with E-state index in [1.54, 1.807) is 54.1 Å². The first kappa shape index (κ1) is 35.6. The molecule has 6 rings (SSSR count). The van der Waals surface area contributed by atoms with Crippen LogP contribution in [0.5, 0.6) is 5.75 Å². The molecule has 0 aliphatic carbocycles. The Balaban J connectivity index is 1.18. The van der Waals surface area contributed by atoms with Crippen LogP contribution in [-0.2, 0) is 31.4 Å². The van der Waals surface area contributed by atoms with Crippen molar-refractivity contribution >= 4 is 40.7 Å². The van der Waals surface area contributed by atoms with Gasteiger partial charge in [-0.25, -0.2) is 4.98 Å². The number of aromatic nitrogens is 3. The molecule has 2 aliphatic rings. The molecule has 4 heterocycles. The molecule has 10 nitrogen and oxygen atoms in total. The number of ether oxygens (including phenoxy) is 1. The van der Waals surface area contributed by atoms with Crippen LogP contribution in [0.3, 0.4) is 0 Å². The van der Waals surface area contributed by atoms with Crippen molar-refractivity contribution in [2.24, 2.45) is 7.05 Å². The van der Waals surface area contributed by atoms with E-state index in [9.17, 15) is 22.8 Å². The summed E-state index contributed by atoms with van der Waals surface area (Å²) in [5, 5.41) is 9.79. The Kier molecular flexibility index (Phi) is 10.7. The Morgan fingerprint density at radius 2 is 1.92 bits per heavy atom. The monoisotopic (exact) mass is 729 g/mol. The van der Waals surface area contributed by atoms with Crippen molar-refractivity contribution in [3.05, 3.63) is 81.5 Å². The highest BCUT2D eigenvalue weighted by atomic mass is 35.5. The summed E-state index contributed by atoms with van der Waals surface area (Å²) >= 11 is 13.8. The highest BCUT2D eigenvalue weighted by molar-refractivity contribution is 6.39. The summed E-state index contributed by atoms with van der Waals surface area (Å²) < 4.78 is 45.7. The second-order valence-corrected chi connectivity index (χ2v) is 13.1. The molecule has 0 unspecified atom stereocenters. The van der Waals surface area contributed by atoms with E-state index in [1.807, 2.05) is 18.2 Å². The second kappa shape index (κ2) is 15.0. The quantitative estimate of drug-likeness (QED) is 0.164. The fraction of sp³-hybridized carbons (Fsp3) is 0.371. The van der Waals surface area contributed by atoms with Gasteiger partial charge in [-0.05, 0) is 24.6 Å². The maximum absolute atomic E-state index is 13.4. The summed E-state index contributed by atoms with van der Waals surface area (Å²) in [5.41, 5.74) is 5.10. The molecule has 0 spiro atoms. The highest BCUT2D eigenvalue weighted by Crippen LogP contribution is 2.41. The second-order valence-electron chi connectivity index (χ2n) is 12.4. The van der Waals surface area contributed by atoms with Crippen LogP contribution in [0, 0.1) is 0 Å². The maximum atomic E-state index is 13.4. The Hall–Kier alpha value is -4.17. The zero-order valence-corrected chi connectivity index (χ0v) is 29.0. The van der Waals surface area contributed by atoms with Gasteiger partial charge in [-0.2, -0.15) is 13.2 Å². The van der Waals surface area contributed by atoms with Gasteiger partial charge in [-0.1, -0.05) is 47.5 Å². The third kappa shape index (κ3) is 7.91. The predicted octanol–water partition coefficient (Wildman–Crippen LogP) is 6.40. The summed E-state index contributed by atoms with van der Waals surface area (Å²) in [4.78, 5) is 35.7. The van der Waals surface area contributed by atoms with E-state index in [0.717, 1.165) is 23.2 Å². The molecular formula is C35H36Cl2F3N7O3. The molecule has 264 valence electrons. The van der Waals surface area contributed by atoms with Gasteiger partial charge in [-0.3, -0.25) is 19.5 Å². The van der Waals surface area contributed by atoms with Gasteiger partial charge in [0.1, 0.15) is 5.75 Å². The third-order valence-corrected chi connectivity index (χ3v) is 9.82. The van der Waals surface area contributed by atoms with Gasteiger partial charge in [-0.15, -0.1) is 0 Å². The standard InChI is InChI=1S/C35H36Cl2F3N7O3/c1-46-27-11-14-47(15-12-35(38,39)40)19-26(27)44-33(46)34(49)45-25-5-3-4-23(30(25)36)24-10-13-42-32(31(24)37)20-6-7-21(28(16-20)50-2)17-41-18-22-8-9-29(48)43-22/h3-7,10,13,16,22,41H,8-9,11-12,14-15,17-19H2,1-2H3,(H,43,48)(H,45,49)/t22-/m0/s1. The van der Waals surface area contributed by atoms with Crippen LogP contribution in [0.1, 0.15) is 46.8 Å². The number of anilines is 1. The van der Waals surface area contributed by atoms with Crippen LogP contribution in [-0.4, -0.2) is 70.2 Å². The number of nitrogens with zero attached hydrogens (tertiary/aromatic N) is 4. The average Bonchev–Trinajstić information content (AvgIpc) is 3.66. The maximum Gasteiger partial charge on any atom is 0.390 e. The summed E-state index contributed by atoms with van der Waals surface area (Å²) in [6, 6.07) is 12.8. The van der Waals surface area contributed by atoms with E-state index in [0.29, 0.717) is 71.5 Å². The van der Waals surface area contributed by atoms with E-state index >= 15 is 0 Å². The Morgan fingerprint density at radius 3 is 2.66 bits per heavy atom. The minimum Gasteiger partial charge on any atom is -0.496 e. The number of fused-ring (bicyclic) bond motifs is 1. The van der Waals surface area contributed by atoms with Crippen LogP contribution in [0.2, 0.25) is 10.0 Å². The van der Waals surface area contributed by atoms with Crippen LogP contribution >= 0.6 is 23.2 Å². The van der Waals surface area contributed by atoms with Crippen LogP contribution in [0.15, 0.2) is 48.7 Å². The lowest BCUT2D eigenvalue weighted by Gasteiger charge is -2.26. The number of imidazole rings is 1. The molecule has 2 aliphatic heterocycles. The molecule has 2 amide bonds. The lowest BCUT2D eigenvalue weighted by molar-refractivity contribution is -0.138. The van der Waals surface area contributed by atoms with E-state index in [2.05, 4.69) is 25.9 Å². The number of pyridine rings is 1. The van der Waals surface area contributed by atoms with Gasteiger partial charge in [0, 0.05) is 92.8 Å². The topological polar surface area (TPSA) is 113 Å². The average molecular weight is 731 g/mol. The van der Waals surface area contributed by atoms with Gasteiger partial charge < -0.3 is 25.3 Å². The number of carbonyl (C=O) groups is 2. The van der Waals surface area contributed by atoms with Crippen molar-refractivity contribution in [2.45, 2.75) is 51.0 Å². The van der Waals surface area contributed by atoms with Gasteiger partial charge in [0.2, 0.25) is 5.91 Å². The Labute approximate surface area is 297 Å². The Bertz CT molecular complexity index is 1920. The van der Waals surface area contributed by atoms with Crippen molar-refractivity contribution in [1.29, 1.82) is 0 Å². The molecule has 0 saturated carbocycles. The van der Waals surface area contributed by atoms with E-state index < -0.39 is 18.5 Å². The van der Waals surface area contributed by atoms with Crippen molar-refractivity contribution < 1.29 is 27.5 Å². The molecule has 4 aromatic rings. The van der Waals surface area contributed by atoms with E-state index in [-0.39, 0.29) is 35.9 Å². The van der Waals surface area contributed by atoms with E-state index in [4.69, 9.17) is 27.9 Å². The number of rotatable bonds is 11. The number of nitrogens with one attached hydrogen (secondary N) is 3. The molecule has 0 radical (unpaired) electrons. The number of halogens is 5. The lowest BCUT2D eigenvalue weighted by Crippen LogP contribution is -2.35. The summed E-state index contributed by atoms with van der Waals surface area (Å²) in [7, 11) is 3.32. The van der Waals surface area contributed by atoms with Crippen molar-refractivity contribution in [3.63, 3.8) is 0 Å². The number of carbonyl (C=O) groups excluding carboxylic acids is 2. The number of methoxy groups -OCH3 is 1. The fourth-order valence-electron chi connectivity index (χ4n) is 6.38. The normalized spacial score (nSPS) is 16.3. The first-order valence-electron chi connectivity index (χ1n) is 16.2. The molecule has 1 fully saturated rings. The molecular weight excluding hydrogens is 694 g/mol. The molecule has 15 heteroatoms. The largest absolute Gasteiger partial charge is 0.496 e. The minimum absolute atomic E-state index is 0.0766. The molecule has 3 N–H and O–H groups in total. The zero-order valence-electron chi connectivity index (χ0n) is 27.5. The van der Waals surface area contributed by atoms with Gasteiger partial charge in [0.25, 0.3) is 5.91 Å². The molecule has 1 saturated heterocycles. The minimum atomic E-state index is -4.24. The molecule has 2 aromatic carbocycles. The fourth-order valence-corrected chi connectivity index (χ4v) is 6.98. The van der Waals surface area contributed by atoms with Crippen molar-refractivity contribution in [3.8, 4) is 28.1 Å². The number of alkyl halides is 3. The van der Waals surface area contributed by atoms with E-state index in [1.165, 1.54) is 0 Å². The first-order chi connectivity index (χ1) is 23.9. The van der Waals surface area contributed by atoms with Gasteiger partial charge in [0.05, 0.1) is 40.7 Å². The Morgan fingerprint density at radius 1 is 1.12 bits per heavy atom. The van der Waals surface area contributed by atoms with Gasteiger partial charge >= 0.3 is 6.18 Å². The van der Waals surface area contributed by atoms with Crippen molar-refractivity contribution in [1.82, 2.24) is 30.1 Å². The number of amides is 2. The number of hydrogen-bond donors (Lipinski definition) is 3. The van der Waals surface area contributed by atoms with Crippen LogP contribution in [0.25, 0.3) is 22.4 Å². The van der Waals surface area contributed by atoms with Crippen molar-refractivity contribution in [2.75, 3.05) is 32.1 Å². The molecule has 0 bridgehead atoms. The third-order valence-electron chi connectivity index (χ3n) is 9.03. The SMILES string of the molecule is COc1cc(-c2nccc(-c3cccc(NC(=O)c4nc5c(n4C)CCN(CCC(F)(F)F)C5)c3Cl)c2Cl)ccc1CNC[C@@H]1CCC(=O)N1.